The van der Waals surface area contributed by atoms with Gasteiger partial charge in [-0.1, -0.05) is 18.2 Å². The molecule has 0 spiro atoms. The van der Waals surface area contributed by atoms with Crippen LogP contribution < -0.4 is 4.74 Å². The third kappa shape index (κ3) is 1.67. The first kappa shape index (κ1) is 12.7. The molecule has 0 heterocycles. The smallest absolute Gasteiger partial charge is 0.125 e. The summed E-state index contributed by atoms with van der Waals surface area (Å²) in [5.74, 6) is 3.53. The highest BCUT2D eigenvalue weighted by Crippen LogP contribution is 2.62. The van der Waals surface area contributed by atoms with E-state index in [9.17, 15) is 5.11 Å². The Morgan fingerprint density at radius 1 is 1.05 bits per heavy atom. The van der Waals surface area contributed by atoms with E-state index in [-0.39, 0.29) is 0 Å². The van der Waals surface area contributed by atoms with Gasteiger partial charge < -0.3 is 9.84 Å². The lowest BCUT2D eigenvalue weighted by molar-refractivity contribution is -0.180. The molecule has 0 radical (unpaired) electrons. The summed E-state index contributed by atoms with van der Waals surface area (Å²) in [6.07, 6.45) is 6.26. The second-order valence-electron chi connectivity index (χ2n) is 7.06. The molecule has 2 heteroatoms. The fourth-order valence-electron chi connectivity index (χ4n) is 5.42. The molecule has 2 nitrogen and oxygen atoms in total. The summed E-state index contributed by atoms with van der Waals surface area (Å²) in [5.41, 5.74) is 0.412. The monoisotopic (exact) mass is 272 g/mol. The Balaban J connectivity index is 1.77. The van der Waals surface area contributed by atoms with Gasteiger partial charge >= 0.3 is 0 Å². The molecule has 4 aliphatic rings. The minimum absolute atomic E-state index is 0.445. The van der Waals surface area contributed by atoms with Crippen molar-refractivity contribution in [2.45, 2.75) is 44.6 Å². The molecule has 0 unspecified atom stereocenters. The van der Waals surface area contributed by atoms with E-state index >= 15 is 0 Å². The topological polar surface area (TPSA) is 29.5 Å². The molecule has 0 saturated heterocycles. The van der Waals surface area contributed by atoms with E-state index < -0.39 is 5.60 Å². The van der Waals surface area contributed by atoms with Crippen LogP contribution >= 0.6 is 0 Å². The molecule has 108 valence electrons. The standard InChI is InChI=1S/C18H24O2/c1-2-20-17-6-4-3-5-16(17)18(19)14-8-12-7-13(10-14)11-15(18)9-12/h3-6,12-15,19H,2,7-11H2,1H3. The molecule has 1 N–H and O–H groups in total. The first-order valence-corrected chi connectivity index (χ1v) is 8.16. The number of benzene rings is 1. The highest BCUT2D eigenvalue weighted by molar-refractivity contribution is 5.40. The fourth-order valence-corrected chi connectivity index (χ4v) is 5.42. The average Bonchev–Trinajstić information content (AvgIpc) is 2.45. The van der Waals surface area contributed by atoms with Gasteiger partial charge in [0.05, 0.1) is 12.2 Å². The largest absolute Gasteiger partial charge is 0.493 e. The van der Waals surface area contributed by atoms with Crippen LogP contribution in [0.15, 0.2) is 24.3 Å². The van der Waals surface area contributed by atoms with Gasteiger partial charge in [-0.05, 0) is 68.8 Å². The Morgan fingerprint density at radius 2 is 1.65 bits per heavy atom. The highest BCUT2D eigenvalue weighted by atomic mass is 16.5. The molecule has 4 aliphatic carbocycles. The molecule has 0 amide bonds. The molecule has 4 fully saturated rings. The minimum atomic E-state index is -0.640. The van der Waals surface area contributed by atoms with E-state index in [2.05, 4.69) is 6.07 Å². The van der Waals surface area contributed by atoms with Crippen molar-refractivity contribution in [3.63, 3.8) is 0 Å². The summed E-state index contributed by atoms with van der Waals surface area (Å²) in [7, 11) is 0. The van der Waals surface area contributed by atoms with Crippen molar-refractivity contribution in [2.75, 3.05) is 6.61 Å². The van der Waals surface area contributed by atoms with Crippen LogP contribution in [0.4, 0.5) is 0 Å². The van der Waals surface area contributed by atoms with Crippen molar-refractivity contribution in [3.05, 3.63) is 29.8 Å². The van der Waals surface area contributed by atoms with E-state index in [0.717, 1.165) is 23.1 Å². The van der Waals surface area contributed by atoms with Crippen molar-refractivity contribution >= 4 is 0 Å². The van der Waals surface area contributed by atoms with Gasteiger partial charge in [0, 0.05) is 5.56 Å². The van der Waals surface area contributed by atoms with Crippen LogP contribution in [0.1, 0.15) is 44.6 Å². The third-order valence-corrected chi connectivity index (χ3v) is 6.00. The number of hydrogen-bond donors (Lipinski definition) is 1. The van der Waals surface area contributed by atoms with Crippen LogP contribution in [0, 0.1) is 23.7 Å². The maximum Gasteiger partial charge on any atom is 0.125 e. The summed E-state index contributed by atoms with van der Waals surface area (Å²) < 4.78 is 5.80. The van der Waals surface area contributed by atoms with E-state index in [0.29, 0.717) is 18.4 Å². The van der Waals surface area contributed by atoms with Gasteiger partial charge in [-0.3, -0.25) is 0 Å². The molecule has 1 aromatic carbocycles. The minimum Gasteiger partial charge on any atom is -0.493 e. The molecule has 0 aliphatic heterocycles. The fraction of sp³-hybridized carbons (Fsp3) is 0.667. The molecule has 4 saturated carbocycles. The van der Waals surface area contributed by atoms with Gasteiger partial charge in [0.15, 0.2) is 0 Å². The van der Waals surface area contributed by atoms with Crippen molar-refractivity contribution in [3.8, 4) is 5.75 Å². The van der Waals surface area contributed by atoms with Crippen LogP contribution in [0.3, 0.4) is 0 Å². The van der Waals surface area contributed by atoms with Gasteiger partial charge in [-0.2, -0.15) is 0 Å². The van der Waals surface area contributed by atoms with Crippen LogP contribution in [0.2, 0.25) is 0 Å². The van der Waals surface area contributed by atoms with Gasteiger partial charge in [-0.15, -0.1) is 0 Å². The van der Waals surface area contributed by atoms with E-state index in [1.807, 2.05) is 25.1 Å². The lowest BCUT2D eigenvalue weighted by Gasteiger charge is -2.59. The first-order chi connectivity index (χ1) is 9.71. The lowest BCUT2D eigenvalue weighted by atomic mass is 9.48. The van der Waals surface area contributed by atoms with Gasteiger partial charge in [0.1, 0.15) is 5.75 Å². The number of rotatable bonds is 3. The van der Waals surface area contributed by atoms with E-state index in [4.69, 9.17) is 4.74 Å². The van der Waals surface area contributed by atoms with Crippen molar-refractivity contribution in [1.29, 1.82) is 0 Å². The van der Waals surface area contributed by atoms with Crippen LogP contribution in [-0.4, -0.2) is 11.7 Å². The molecule has 0 aromatic heterocycles. The summed E-state index contributed by atoms with van der Waals surface area (Å²) in [6.45, 7) is 2.67. The molecule has 0 atom stereocenters. The van der Waals surface area contributed by atoms with Crippen molar-refractivity contribution < 1.29 is 9.84 Å². The molecule has 5 rings (SSSR count). The maximum atomic E-state index is 11.6. The van der Waals surface area contributed by atoms with Gasteiger partial charge in [-0.25, -0.2) is 0 Å². The highest BCUT2D eigenvalue weighted by Gasteiger charge is 2.57. The Hall–Kier alpha value is -1.02. The first-order valence-electron chi connectivity index (χ1n) is 8.16. The second-order valence-corrected chi connectivity index (χ2v) is 7.06. The number of hydrogen-bond acceptors (Lipinski definition) is 2. The van der Waals surface area contributed by atoms with E-state index in [1.54, 1.807) is 0 Å². The SMILES string of the molecule is CCOc1ccccc1C1(O)C2CC3CC(C2)CC1C3. The number of ether oxygens (including phenoxy) is 1. The van der Waals surface area contributed by atoms with E-state index in [1.165, 1.54) is 32.1 Å². The number of aliphatic hydroxyl groups is 1. The van der Waals surface area contributed by atoms with Crippen LogP contribution in [-0.2, 0) is 5.60 Å². The zero-order valence-corrected chi connectivity index (χ0v) is 12.2. The van der Waals surface area contributed by atoms with Gasteiger partial charge in [0.25, 0.3) is 0 Å². The predicted octanol–water partition coefficient (Wildman–Crippen LogP) is 3.73. The third-order valence-electron chi connectivity index (χ3n) is 6.00. The Labute approximate surface area is 121 Å². The molecule has 4 bridgehead atoms. The molecular weight excluding hydrogens is 248 g/mol. The summed E-state index contributed by atoms with van der Waals surface area (Å²) >= 11 is 0. The zero-order valence-electron chi connectivity index (χ0n) is 12.2. The molecule has 20 heavy (non-hydrogen) atoms. The Bertz CT molecular complexity index is 480. The summed E-state index contributed by atoms with van der Waals surface area (Å²) in [5, 5.41) is 11.6. The normalized spacial score (nSPS) is 41.9. The van der Waals surface area contributed by atoms with Crippen molar-refractivity contribution in [2.24, 2.45) is 23.7 Å². The second kappa shape index (κ2) is 4.49. The van der Waals surface area contributed by atoms with Crippen LogP contribution in [0.5, 0.6) is 5.75 Å². The lowest BCUT2D eigenvalue weighted by Crippen LogP contribution is -2.55. The average molecular weight is 272 g/mol. The van der Waals surface area contributed by atoms with Crippen LogP contribution in [0.25, 0.3) is 0 Å². The zero-order chi connectivity index (χ0) is 13.7. The van der Waals surface area contributed by atoms with Crippen molar-refractivity contribution in [1.82, 2.24) is 0 Å². The summed E-state index contributed by atoms with van der Waals surface area (Å²) in [4.78, 5) is 0. The maximum absolute atomic E-state index is 11.6. The molecule has 1 aromatic rings. The predicted molar refractivity (Wildman–Crippen MR) is 78.6 cm³/mol. The molecular formula is C18H24O2. The number of para-hydroxylation sites is 1. The van der Waals surface area contributed by atoms with Gasteiger partial charge in [0.2, 0.25) is 0 Å². The Morgan fingerprint density at radius 3 is 2.25 bits per heavy atom. The Kier molecular flexibility index (Phi) is 2.85. The summed E-state index contributed by atoms with van der Waals surface area (Å²) in [6, 6.07) is 8.16. The quantitative estimate of drug-likeness (QED) is 0.908.